The molecule has 17 heavy (non-hydrogen) atoms. The van der Waals surface area contributed by atoms with Gasteiger partial charge in [-0.1, -0.05) is 0 Å². The molecule has 2 heterocycles. The van der Waals surface area contributed by atoms with Gasteiger partial charge in [0.05, 0.1) is 13.2 Å². The van der Waals surface area contributed by atoms with Gasteiger partial charge in [-0.25, -0.2) is 4.98 Å². The standard InChI is InChI=1S/C11H18N4O2/c1-15-6-4-13-10(15)2-3-14-11(16)9-8-17-7-5-12-9/h4,6,9,12H,2-3,5,7-8H2,1H3,(H,14,16). The quantitative estimate of drug-likeness (QED) is 0.711. The number of hydrogen-bond donors (Lipinski definition) is 2. The molecule has 1 aromatic rings. The van der Waals surface area contributed by atoms with Gasteiger partial charge < -0.3 is 19.9 Å². The van der Waals surface area contributed by atoms with E-state index in [4.69, 9.17) is 4.74 Å². The van der Waals surface area contributed by atoms with Gasteiger partial charge in [0.2, 0.25) is 5.91 Å². The number of amides is 1. The molecule has 6 nitrogen and oxygen atoms in total. The van der Waals surface area contributed by atoms with E-state index in [9.17, 15) is 4.79 Å². The third-order valence-corrected chi connectivity index (χ3v) is 2.81. The van der Waals surface area contributed by atoms with Crippen LogP contribution >= 0.6 is 0 Å². The van der Waals surface area contributed by atoms with Crippen molar-refractivity contribution in [1.82, 2.24) is 20.2 Å². The summed E-state index contributed by atoms with van der Waals surface area (Å²) in [6, 6.07) is -0.217. The SMILES string of the molecule is Cn1ccnc1CCNC(=O)C1COCCN1. The number of imidazole rings is 1. The Morgan fingerprint density at radius 1 is 1.76 bits per heavy atom. The Labute approximate surface area is 100 Å². The van der Waals surface area contributed by atoms with Crippen molar-refractivity contribution in [3.05, 3.63) is 18.2 Å². The van der Waals surface area contributed by atoms with E-state index in [0.717, 1.165) is 18.8 Å². The summed E-state index contributed by atoms with van der Waals surface area (Å²) in [7, 11) is 1.95. The van der Waals surface area contributed by atoms with Crippen molar-refractivity contribution in [1.29, 1.82) is 0 Å². The smallest absolute Gasteiger partial charge is 0.239 e. The molecule has 1 atom stereocenters. The predicted molar refractivity (Wildman–Crippen MR) is 62.5 cm³/mol. The van der Waals surface area contributed by atoms with Crippen LogP contribution in [0.4, 0.5) is 0 Å². The van der Waals surface area contributed by atoms with Gasteiger partial charge in [0, 0.05) is 39.0 Å². The van der Waals surface area contributed by atoms with Crippen molar-refractivity contribution in [3.8, 4) is 0 Å². The Balaban J connectivity index is 1.71. The summed E-state index contributed by atoms with van der Waals surface area (Å²) in [4.78, 5) is 15.9. The van der Waals surface area contributed by atoms with Crippen LogP contribution in [0.15, 0.2) is 12.4 Å². The van der Waals surface area contributed by atoms with Gasteiger partial charge in [-0.05, 0) is 0 Å². The van der Waals surface area contributed by atoms with Crippen molar-refractivity contribution >= 4 is 5.91 Å². The lowest BCUT2D eigenvalue weighted by molar-refractivity contribution is -0.125. The number of hydrogen-bond acceptors (Lipinski definition) is 4. The molecule has 0 aromatic carbocycles. The fourth-order valence-corrected chi connectivity index (χ4v) is 1.79. The molecule has 0 spiro atoms. The van der Waals surface area contributed by atoms with Gasteiger partial charge in [-0.15, -0.1) is 0 Å². The summed E-state index contributed by atoms with van der Waals surface area (Å²) in [5.74, 6) is 0.970. The van der Waals surface area contributed by atoms with Crippen LogP contribution in [0.1, 0.15) is 5.82 Å². The zero-order valence-corrected chi connectivity index (χ0v) is 9.98. The van der Waals surface area contributed by atoms with E-state index in [1.807, 2.05) is 17.8 Å². The summed E-state index contributed by atoms with van der Waals surface area (Å²) >= 11 is 0. The molecule has 2 N–H and O–H groups in total. The molecule has 1 amide bonds. The highest BCUT2D eigenvalue weighted by Crippen LogP contribution is 1.96. The number of rotatable bonds is 4. The second-order valence-corrected chi connectivity index (χ2v) is 4.08. The summed E-state index contributed by atoms with van der Waals surface area (Å²) < 4.78 is 7.19. The zero-order chi connectivity index (χ0) is 12.1. The van der Waals surface area contributed by atoms with Crippen molar-refractivity contribution in [2.24, 2.45) is 7.05 Å². The molecule has 0 bridgehead atoms. The molecule has 0 radical (unpaired) electrons. The van der Waals surface area contributed by atoms with E-state index >= 15 is 0 Å². The molecule has 1 aliphatic heterocycles. The van der Waals surface area contributed by atoms with E-state index in [2.05, 4.69) is 15.6 Å². The van der Waals surface area contributed by atoms with Gasteiger partial charge >= 0.3 is 0 Å². The summed E-state index contributed by atoms with van der Waals surface area (Å²) in [5.41, 5.74) is 0. The van der Waals surface area contributed by atoms with E-state index < -0.39 is 0 Å². The fraction of sp³-hybridized carbons (Fsp3) is 0.636. The number of carbonyl (C=O) groups is 1. The summed E-state index contributed by atoms with van der Waals surface area (Å²) in [5, 5.41) is 6.00. The number of aromatic nitrogens is 2. The molecule has 0 saturated carbocycles. The lowest BCUT2D eigenvalue weighted by atomic mass is 10.2. The molecule has 1 unspecified atom stereocenters. The molecule has 1 fully saturated rings. The van der Waals surface area contributed by atoms with Gasteiger partial charge in [0.15, 0.2) is 0 Å². The highest BCUT2D eigenvalue weighted by atomic mass is 16.5. The van der Waals surface area contributed by atoms with Crippen molar-refractivity contribution in [2.45, 2.75) is 12.5 Å². The Hall–Kier alpha value is -1.40. The Morgan fingerprint density at radius 3 is 3.29 bits per heavy atom. The van der Waals surface area contributed by atoms with Gasteiger partial charge in [-0.2, -0.15) is 0 Å². The maximum absolute atomic E-state index is 11.7. The maximum atomic E-state index is 11.7. The third-order valence-electron chi connectivity index (χ3n) is 2.81. The largest absolute Gasteiger partial charge is 0.378 e. The van der Waals surface area contributed by atoms with Crippen molar-refractivity contribution in [2.75, 3.05) is 26.3 Å². The van der Waals surface area contributed by atoms with Crippen LogP contribution < -0.4 is 10.6 Å². The van der Waals surface area contributed by atoms with Crippen LogP contribution in [-0.2, 0) is 23.0 Å². The average molecular weight is 238 g/mol. The van der Waals surface area contributed by atoms with Crippen LogP contribution in [0.25, 0.3) is 0 Å². The van der Waals surface area contributed by atoms with Crippen LogP contribution in [0.3, 0.4) is 0 Å². The van der Waals surface area contributed by atoms with Crippen LogP contribution in [0.2, 0.25) is 0 Å². The lowest BCUT2D eigenvalue weighted by Gasteiger charge is -2.22. The summed E-state index contributed by atoms with van der Waals surface area (Å²) in [6.07, 6.45) is 4.39. The normalized spacial score (nSPS) is 20.2. The van der Waals surface area contributed by atoms with E-state index in [1.165, 1.54) is 0 Å². The number of nitrogens with zero attached hydrogens (tertiary/aromatic N) is 2. The molecule has 0 aliphatic carbocycles. The average Bonchev–Trinajstić information content (AvgIpc) is 2.76. The first-order valence-corrected chi connectivity index (χ1v) is 5.82. The number of ether oxygens (including phenoxy) is 1. The van der Waals surface area contributed by atoms with Gasteiger partial charge in [0.1, 0.15) is 11.9 Å². The molecule has 1 aliphatic rings. The third kappa shape index (κ3) is 3.28. The minimum Gasteiger partial charge on any atom is -0.378 e. The van der Waals surface area contributed by atoms with Gasteiger partial charge in [0.25, 0.3) is 0 Å². The van der Waals surface area contributed by atoms with Crippen molar-refractivity contribution in [3.63, 3.8) is 0 Å². The topological polar surface area (TPSA) is 68.2 Å². The zero-order valence-electron chi connectivity index (χ0n) is 9.98. The first kappa shape index (κ1) is 12.1. The predicted octanol–water partition coefficient (Wildman–Crippen LogP) is -0.933. The Morgan fingerprint density at radius 2 is 2.65 bits per heavy atom. The number of aryl methyl sites for hydroxylation is 1. The minimum atomic E-state index is -0.217. The molecule has 1 aromatic heterocycles. The second kappa shape index (κ2) is 5.79. The van der Waals surface area contributed by atoms with E-state index in [0.29, 0.717) is 19.8 Å². The highest BCUT2D eigenvalue weighted by molar-refractivity contribution is 5.81. The molecular weight excluding hydrogens is 220 g/mol. The minimum absolute atomic E-state index is 0.00101. The molecular formula is C11H18N4O2. The number of carbonyl (C=O) groups excluding carboxylic acids is 1. The van der Waals surface area contributed by atoms with Crippen LogP contribution in [0.5, 0.6) is 0 Å². The highest BCUT2D eigenvalue weighted by Gasteiger charge is 2.20. The second-order valence-electron chi connectivity index (χ2n) is 4.08. The van der Waals surface area contributed by atoms with Crippen LogP contribution in [0, 0.1) is 0 Å². The lowest BCUT2D eigenvalue weighted by Crippen LogP contribution is -2.51. The van der Waals surface area contributed by atoms with Crippen molar-refractivity contribution < 1.29 is 9.53 Å². The monoisotopic (exact) mass is 238 g/mol. The maximum Gasteiger partial charge on any atom is 0.239 e. The van der Waals surface area contributed by atoms with Crippen LogP contribution in [-0.4, -0.2) is 47.8 Å². The molecule has 94 valence electrons. The molecule has 6 heteroatoms. The number of morpholine rings is 1. The Bertz CT molecular complexity index is 371. The molecule has 1 saturated heterocycles. The Kier molecular flexibility index (Phi) is 4.11. The fourth-order valence-electron chi connectivity index (χ4n) is 1.79. The number of nitrogens with one attached hydrogen (secondary N) is 2. The molecule has 2 rings (SSSR count). The van der Waals surface area contributed by atoms with E-state index in [-0.39, 0.29) is 11.9 Å². The van der Waals surface area contributed by atoms with Gasteiger partial charge in [-0.3, -0.25) is 4.79 Å². The first-order chi connectivity index (χ1) is 8.27. The first-order valence-electron chi connectivity index (χ1n) is 5.82. The summed E-state index contributed by atoms with van der Waals surface area (Å²) in [6.45, 7) is 2.46. The van der Waals surface area contributed by atoms with E-state index in [1.54, 1.807) is 6.20 Å².